The second-order valence-corrected chi connectivity index (χ2v) is 6.79. The highest BCUT2D eigenvalue weighted by Crippen LogP contribution is 2.35. The summed E-state index contributed by atoms with van der Waals surface area (Å²) in [5.41, 5.74) is 1.27. The van der Waals surface area contributed by atoms with Crippen molar-refractivity contribution < 1.29 is 9.47 Å². The Morgan fingerprint density at radius 3 is 3.08 bits per heavy atom. The first kappa shape index (κ1) is 15.6. The molecule has 0 spiro atoms. The molecule has 0 N–H and O–H groups in total. The minimum atomic E-state index is 0.327. The molecule has 0 bridgehead atoms. The van der Waals surface area contributed by atoms with E-state index in [4.69, 9.17) is 9.47 Å². The van der Waals surface area contributed by atoms with Crippen LogP contribution in [0, 0.1) is 5.92 Å². The van der Waals surface area contributed by atoms with E-state index in [-0.39, 0.29) is 0 Å². The molecule has 2 aromatic rings. The van der Waals surface area contributed by atoms with Crippen LogP contribution in [-0.2, 0) is 18.3 Å². The molecule has 3 atom stereocenters. The highest BCUT2D eigenvalue weighted by atomic mass is 16.5. The molecule has 6 heteroatoms. The highest BCUT2D eigenvalue weighted by Gasteiger charge is 2.41. The summed E-state index contributed by atoms with van der Waals surface area (Å²) in [6.07, 6.45) is 8.34. The second kappa shape index (κ2) is 6.91. The van der Waals surface area contributed by atoms with Crippen LogP contribution in [0.3, 0.4) is 0 Å². The van der Waals surface area contributed by atoms with Crippen LogP contribution in [-0.4, -0.2) is 51.6 Å². The van der Waals surface area contributed by atoms with E-state index in [9.17, 15) is 0 Å². The van der Waals surface area contributed by atoms with Gasteiger partial charge in [0.25, 0.3) is 0 Å². The Balaban J connectivity index is 1.35. The van der Waals surface area contributed by atoms with Crippen molar-refractivity contribution in [3.63, 3.8) is 0 Å². The molecule has 1 aliphatic heterocycles. The fourth-order valence-corrected chi connectivity index (χ4v) is 3.88. The number of aryl methyl sites for hydroxylation is 1. The van der Waals surface area contributed by atoms with Crippen molar-refractivity contribution in [3.8, 4) is 5.88 Å². The Morgan fingerprint density at radius 1 is 1.33 bits per heavy atom. The summed E-state index contributed by atoms with van der Waals surface area (Å²) in [7, 11) is 1.96. The maximum atomic E-state index is 6.02. The summed E-state index contributed by atoms with van der Waals surface area (Å²) in [6.45, 7) is 3.47. The smallest absolute Gasteiger partial charge is 0.213 e. The number of hydrogen-bond donors (Lipinski definition) is 0. The van der Waals surface area contributed by atoms with Crippen LogP contribution >= 0.6 is 0 Å². The SMILES string of the molecule is Cn1cc(CN2CCO[C@@H]3C[C@H](COc4ccccn4)C[C@H]32)cn1. The van der Waals surface area contributed by atoms with Gasteiger partial charge in [-0.05, 0) is 24.8 Å². The Morgan fingerprint density at radius 2 is 2.29 bits per heavy atom. The van der Waals surface area contributed by atoms with Gasteiger partial charge in [-0.1, -0.05) is 6.07 Å². The minimum absolute atomic E-state index is 0.327. The van der Waals surface area contributed by atoms with E-state index in [2.05, 4.69) is 21.2 Å². The lowest BCUT2D eigenvalue weighted by atomic mass is 10.1. The lowest BCUT2D eigenvalue weighted by Gasteiger charge is -2.37. The van der Waals surface area contributed by atoms with Gasteiger partial charge >= 0.3 is 0 Å². The molecule has 3 heterocycles. The molecule has 128 valence electrons. The number of fused-ring (bicyclic) bond motifs is 1. The third-order valence-electron chi connectivity index (χ3n) is 5.00. The zero-order chi connectivity index (χ0) is 16.4. The second-order valence-electron chi connectivity index (χ2n) is 6.79. The molecule has 0 aromatic carbocycles. The van der Waals surface area contributed by atoms with Gasteiger partial charge < -0.3 is 9.47 Å². The number of morpholine rings is 1. The standard InChI is InChI=1S/C18H24N4O2/c1-21-11-15(10-20-21)12-22-6-7-23-17-9-14(8-16(17)22)13-24-18-4-2-3-5-19-18/h2-5,10-11,14,16-17H,6-9,12-13H2,1H3/t14-,16-,17-/m1/s1. The van der Waals surface area contributed by atoms with E-state index in [1.54, 1.807) is 6.20 Å². The predicted molar refractivity (Wildman–Crippen MR) is 89.6 cm³/mol. The monoisotopic (exact) mass is 328 g/mol. The maximum Gasteiger partial charge on any atom is 0.213 e. The summed E-state index contributed by atoms with van der Waals surface area (Å²) in [6, 6.07) is 6.25. The summed E-state index contributed by atoms with van der Waals surface area (Å²) < 4.78 is 13.7. The molecule has 2 fully saturated rings. The molecule has 1 saturated carbocycles. The third-order valence-corrected chi connectivity index (χ3v) is 5.00. The van der Waals surface area contributed by atoms with Crippen LogP contribution in [0.15, 0.2) is 36.8 Å². The minimum Gasteiger partial charge on any atom is -0.477 e. The molecule has 2 aromatic heterocycles. The van der Waals surface area contributed by atoms with Crippen LogP contribution in [0.4, 0.5) is 0 Å². The van der Waals surface area contributed by atoms with Crippen molar-refractivity contribution in [2.24, 2.45) is 13.0 Å². The van der Waals surface area contributed by atoms with Crippen molar-refractivity contribution in [1.82, 2.24) is 19.7 Å². The third kappa shape index (κ3) is 3.44. The molecule has 1 saturated heterocycles. The van der Waals surface area contributed by atoms with Gasteiger partial charge in [0.1, 0.15) is 0 Å². The van der Waals surface area contributed by atoms with Crippen molar-refractivity contribution in [2.45, 2.75) is 31.5 Å². The Hall–Kier alpha value is -1.92. The lowest BCUT2D eigenvalue weighted by molar-refractivity contribution is -0.0590. The molecule has 6 nitrogen and oxygen atoms in total. The van der Waals surface area contributed by atoms with Crippen molar-refractivity contribution >= 4 is 0 Å². The zero-order valence-electron chi connectivity index (χ0n) is 14.0. The Kier molecular flexibility index (Phi) is 4.49. The summed E-state index contributed by atoms with van der Waals surface area (Å²) in [4.78, 5) is 6.78. The fourth-order valence-electron chi connectivity index (χ4n) is 3.88. The van der Waals surface area contributed by atoms with E-state index in [1.165, 1.54) is 5.56 Å². The molecular formula is C18H24N4O2. The molecule has 0 radical (unpaired) electrons. The van der Waals surface area contributed by atoms with E-state index in [0.717, 1.165) is 32.5 Å². The number of hydrogen-bond acceptors (Lipinski definition) is 5. The number of pyridine rings is 1. The maximum absolute atomic E-state index is 6.02. The van der Waals surface area contributed by atoms with E-state index in [0.29, 0.717) is 30.6 Å². The van der Waals surface area contributed by atoms with Gasteiger partial charge in [-0.15, -0.1) is 0 Å². The van der Waals surface area contributed by atoms with E-state index >= 15 is 0 Å². The normalized spacial score (nSPS) is 27.1. The van der Waals surface area contributed by atoms with Gasteiger partial charge in [0.05, 0.1) is 25.5 Å². The van der Waals surface area contributed by atoms with Gasteiger partial charge in [0.2, 0.25) is 5.88 Å². The number of aromatic nitrogens is 3. The van der Waals surface area contributed by atoms with Crippen molar-refractivity contribution in [3.05, 3.63) is 42.4 Å². The Labute approximate surface area is 142 Å². The first-order chi connectivity index (χ1) is 11.8. The summed E-state index contributed by atoms with van der Waals surface area (Å²) in [5.74, 6) is 1.23. The van der Waals surface area contributed by atoms with Gasteiger partial charge in [-0.2, -0.15) is 5.10 Å². The zero-order valence-corrected chi connectivity index (χ0v) is 14.0. The van der Waals surface area contributed by atoms with Gasteiger partial charge in [-0.3, -0.25) is 9.58 Å². The summed E-state index contributed by atoms with van der Waals surface area (Å²) in [5, 5.41) is 4.28. The molecule has 0 amide bonds. The summed E-state index contributed by atoms with van der Waals surface area (Å²) >= 11 is 0. The molecule has 4 rings (SSSR count). The van der Waals surface area contributed by atoms with Crippen LogP contribution in [0.2, 0.25) is 0 Å². The van der Waals surface area contributed by atoms with Gasteiger partial charge in [0.15, 0.2) is 0 Å². The van der Waals surface area contributed by atoms with Crippen molar-refractivity contribution in [1.29, 1.82) is 0 Å². The molecule has 2 aliphatic rings. The number of rotatable bonds is 5. The van der Waals surface area contributed by atoms with Crippen LogP contribution in [0.25, 0.3) is 0 Å². The Bertz CT molecular complexity index is 660. The fraction of sp³-hybridized carbons (Fsp3) is 0.556. The molecular weight excluding hydrogens is 304 g/mol. The van der Waals surface area contributed by atoms with E-state index < -0.39 is 0 Å². The molecule has 1 aliphatic carbocycles. The van der Waals surface area contributed by atoms with Gasteiger partial charge in [-0.25, -0.2) is 4.98 Å². The first-order valence-corrected chi connectivity index (χ1v) is 8.65. The highest BCUT2D eigenvalue weighted by molar-refractivity contribution is 5.09. The number of ether oxygens (including phenoxy) is 2. The van der Waals surface area contributed by atoms with Crippen molar-refractivity contribution in [2.75, 3.05) is 19.8 Å². The average molecular weight is 328 g/mol. The largest absolute Gasteiger partial charge is 0.477 e. The molecule has 0 unspecified atom stereocenters. The van der Waals surface area contributed by atoms with Crippen LogP contribution in [0.1, 0.15) is 18.4 Å². The first-order valence-electron chi connectivity index (χ1n) is 8.65. The molecule has 24 heavy (non-hydrogen) atoms. The topological polar surface area (TPSA) is 52.4 Å². The lowest BCUT2D eigenvalue weighted by Crippen LogP contribution is -2.47. The van der Waals surface area contributed by atoms with Gasteiger partial charge in [0, 0.05) is 50.2 Å². The average Bonchev–Trinajstić information content (AvgIpc) is 3.20. The van der Waals surface area contributed by atoms with Crippen LogP contribution < -0.4 is 4.74 Å². The quantitative estimate of drug-likeness (QED) is 0.839. The van der Waals surface area contributed by atoms with Crippen LogP contribution in [0.5, 0.6) is 5.88 Å². The van der Waals surface area contributed by atoms with E-state index in [1.807, 2.05) is 36.1 Å². The predicted octanol–water partition coefficient (Wildman–Crippen LogP) is 1.87. The number of nitrogens with zero attached hydrogens (tertiary/aromatic N) is 4.